The number of hydrogen-bond donors (Lipinski definition) is 1. The van der Waals surface area contributed by atoms with Crippen LogP contribution in [0.25, 0.3) is 0 Å². The van der Waals surface area contributed by atoms with Crippen molar-refractivity contribution in [3.8, 4) is 0 Å². The summed E-state index contributed by atoms with van der Waals surface area (Å²) in [5, 5.41) is 0. The summed E-state index contributed by atoms with van der Waals surface area (Å²) in [6.45, 7) is 2.82. The fraction of sp³-hybridized carbons (Fsp3) is 0.364. The summed E-state index contributed by atoms with van der Waals surface area (Å²) in [6, 6.07) is 4.89. The molecule has 0 fully saturated rings. The molecule has 0 aliphatic carbocycles. The topological polar surface area (TPSA) is 29.3 Å². The molecule has 0 bridgehead atoms. The van der Waals surface area contributed by atoms with E-state index in [9.17, 15) is 4.39 Å². The van der Waals surface area contributed by atoms with E-state index in [0.29, 0.717) is 0 Å². The summed E-state index contributed by atoms with van der Waals surface area (Å²) in [5.41, 5.74) is 8.03. The fourth-order valence-electron chi connectivity index (χ4n) is 1.89. The van der Waals surface area contributed by atoms with Crippen molar-refractivity contribution in [3.05, 3.63) is 36.0 Å². The summed E-state index contributed by atoms with van der Waals surface area (Å²) >= 11 is 0. The van der Waals surface area contributed by atoms with Crippen molar-refractivity contribution in [3.63, 3.8) is 0 Å². The van der Waals surface area contributed by atoms with Crippen LogP contribution in [0.3, 0.4) is 0 Å². The van der Waals surface area contributed by atoms with Gasteiger partial charge in [0.25, 0.3) is 0 Å². The maximum Gasteiger partial charge on any atom is 0.123 e. The number of halogens is 1. The van der Waals surface area contributed by atoms with Gasteiger partial charge in [0.1, 0.15) is 5.82 Å². The molecular weight excluding hydrogens is 179 g/mol. The van der Waals surface area contributed by atoms with E-state index in [2.05, 4.69) is 4.90 Å². The van der Waals surface area contributed by atoms with Gasteiger partial charge in [0.05, 0.1) is 6.17 Å². The van der Waals surface area contributed by atoms with Gasteiger partial charge in [-0.15, -0.1) is 0 Å². The Hall–Kier alpha value is -1.09. The first-order valence-corrected chi connectivity index (χ1v) is 4.82. The third-order valence-corrected chi connectivity index (χ3v) is 2.67. The quantitative estimate of drug-likeness (QED) is 0.774. The van der Waals surface area contributed by atoms with Crippen LogP contribution >= 0.6 is 0 Å². The van der Waals surface area contributed by atoms with E-state index in [1.165, 1.54) is 6.07 Å². The zero-order valence-corrected chi connectivity index (χ0v) is 8.20. The number of nitrogens with two attached hydrogens (primary N) is 1. The first kappa shape index (κ1) is 9.46. The number of rotatable bonds is 2. The predicted octanol–water partition coefficient (Wildman–Crippen LogP) is 1.70. The highest BCUT2D eigenvalue weighted by Gasteiger charge is 2.22. The Morgan fingerprint density at radius 3 is 3.07 bits per heavy atom. The van der Waals surface area contributed by atoms with Crippen LogP contribution in [-0.2, 0) is 6.42 Å². The van der Waals surface area contributed by atoms with Gasteiger partial charge in [0.2, 0.25) is 0 Å². The Morgan fingerprint density at radius 2 is 2.36 bits per heavy atom. The molecule has 0 saturated carbocycles. The normalized spacial score (nSPS) is 16.9. The van der Waals surface area contributed by atoms with Gasteiger partial charge in [0.15, 0.2) is 0 Å². The lowest BCUT2D eigenvalue weighted by molar-refractivity contribution is 0.626. The van der Waals surface area contributed by atoms with Crippen molar-refractivity contribution >= 4 is 5.69 Å². The number of fused-ring (bicyclic) bond motifs is 1. The summed E-state index contributed by atoms with van der Waals surface area (Å²) < 4.78 is 12.9. The van der Waals surface area contributed by atoms with E-state index < -0.39 is 0 Å². The second kappa shape index (κ2) is 3.58. The van der Waals surface area contributed by atoms with Gasteiger partial charge < -0.3 is 10.6 Å². The minimum atomic E-state index is -0.167. The number of anilines is 1. The first-order valence-electron chi connectivity index (χ1n) is 4.82. The van der Waals surface area contributed by atoms with E-state index >= 15 is 0 Å². The molecule has 1 aromatic rings. The lowest BCUT2D eigenvalue weighted by Gasteiger charge is -2.25. The molecule has 2 N–H and O–H groups in total. The molecule has 3 heteroatoms. The van der Waals surface area contributed by atoms with E-state index in [4.69, 9.17) is 5.73 Å². The molecule has 0 spiro atoms. The SMILES string of the molecule is C[CH]C(N)N1CCc2cc(F)ccc21. The second-order valence-electron chi connectivity index (χ2n) is 3.54. The van der Waals surface area contributed by atoms with Crippen molar-refractivity contribution in [2.24, 2.45) is 5.73 Å². The zero-order chi connectivity index (χ0) is 10.1. The molecule has 2 rings (SSSR count). The third-order valence-electron chi connectivity index (χ3n) is 2.67. The number of hydrogen-bond acceptors (Lipinski definition) is 2. The summed E-state index contributed by atoms with van der Waals surface area (Å²) in [7, 11) is 0. The summed E-state index contributed by atoms with van der Waals surface area (Å²) in [6.07, 6.45) is 2.76. The van der Waals surface area contributed by atoms with Crippen molar-refractivity contribution < 1.29 is 4.39 Å². The van der Waals surface area contributed by atoms with E-state index in [0.717, 1.165) is 24.2 Å². The maximum absolute atomic E-state index is 12.9. The van der Waals surface area contributed by atoms with Crippen molar-refractivity contribution in [2.45, 2.75) is 19.5 Å². The Kier molecular flexibility index (Phi) is 2.42. The smallest absolute Gasteiger partial charge is 0.123 e. The van der Waals surface area contributed by atoms with Crippen molar-refractivity contribution in [2.75, 3.05) is 11.4 Å². The lowest BCUT2D eigenvalue weighted by atomic mass is 10.1. The van der Waals surface area contributed by atoms with Gasteiger partial charge in [-0.2, -0.15) is 0 Å². The number of nitrogens with zero attached hydrogens (tertiary/aromatic N) is 1. The minimum absolute atomic E-state index is 0.0679. The van der Waals surface area contributed by atoms with Gasteiger partial charge in [-0.25, -0.2) is 4.39 Å². The molecule has 1 aliphatic heterocycles. The minimum Gasteiger partial charge on any atom is -0.355 e. The molecule has 75 valence electrons. The molecule has 1 heterocycles. The highest BCUT2D eigenvalue weighted by atomic mass is 19.1. The van der Waals surface area contributed by atoms with Crippen LogP contribution < -0.4 is 10.6 Å². The average Bonchev–Trinajstić information content (AvgIpc) is 2.59. The zero-order valence-electron chi connectivity index (χ0n) is 8.20. The molecular formula is C11H14FN2. The van der Waals surface area contributed by atoms with E-state index in [1.807, 2.05) is 13.3 Å². The van der Waals surface area contributed by atoms with Gasteiger partial charge >= 0.3 is 0 Å². The third kappa shape index (κ3) is 1.48. The molecule has 0 amide bonds. The number of benzene rings is 1. The molecule has 1 aromatic carbocycles. The lowest BCUT2D eigenvalue weighted by Crippen LogP contribution is -2.40. The van der Waals surface area contributed by atoms with Crippen LogP contribution in [0.5, 0.6) is 0 Å². The molecule has 2 nitrogen and oxygen atoms in total. The monoisotopic (exact) mass is 193 g/mol. The van der Waals surface area contributed by atoms with Crippen LogP contribution in [0.1, 0.15) is 12.5 Å². The van der Waals surface area contributed by atoms with Gasteiger partial charge in [-0.05, 0) is 36.6 Å². The Morgan fingerprint density at radius 1 is 1.57 bits per heavy atom. The van der Waals surface area contributed by atoms with Crippen LogP contribution in [0.4, 0.5) is 10.1 Å². The highest BCUT2D eigenvalue weighted by Crippen LogP contribution is 2.29. The Bertz CT molecular complexity index is 338. The van der Waals surface area contributed by atoms with Crippen LogP contribution in [0, 0.1) is 12.2 Å². The Labute approximate surface area is 83.5 Å². The maximum atomic E-state index is 12.9. The van der Waals surface area contributed by atoms with Crippen LogP contribution in [0.15, 0.2) is 18.2 Å². The second-order valence-corrected chi connectivity index (χ2v) is 3.54. The van der Waals surface area contributed by atoms with Gasteiger partial charge in [-0.3, -0.25) is 0 Å². The predicted molar refractivity (Wildman–Crippen MR) is 55.4 cm³/mol. The largest absolute Gasteiger partial charge is 0.355 e. The van der Waals surface area contributed by atoms with Crippen LogP contribution in [-0.4, -0.2) is 12.7 Å². The fourth-order valence-corrected chi connectivity index (χ4v) is 1.89. The molecule has 1 atom stereocenters. The van der Waals surface area contributed by atoms with Gasteiger partial charge in [0, 0.05) is 12.2 Å². The molecule has 14 heavy (non-hydrogen) atoms. The highest BCUT2D eigenvalue weighted by molar-refractivity contribution is 5.59. The van der Waals surface area contributed by atoms with Crippen molar-refractivity contribution in [1.82, 2.24) is 0 Å². The molecule has 0 saturated heterocycles. The van der Waals surface area contributed by atoms with E-state index in [-0.39, 0.29) is 12.0 Å². The summed E-state index contributed by atoms with van der Waals surface area (Å²) in [5.74, 6) is -0.167. The molecule has 1 radical (unpaired) electrons. The molecule has 1 unspecified atom stereocenters. The summed E-state index contributed by atoms with van der Waals surface area (Å²) in [4.78, 5) is 2.09. The van der Waals surface area contributed by atoms with Gasteiger partial charge in [-0.1, -0.05) is 6.92 Å². The van der Waals surface area contributed by atoms with Crippen molar-refractivity contribution in [1.29, 1.82) is 0 Å². The molecule has 0 aromatic heterocycles. The average molecular weight is 193 g/mol. The first-order chi connectivity index (χ1) is 6.72. The molecule has 1 aliphatic rings. The van der Waals surface area contributed by atoms with Crippen LogP contribution in [0.2, 0.25) is 0 Å². The Balaban J connectivity index is 2.31. The standard InChI is InChI=1S/C11H14FN2/c1-2-11(13)14-6-5-8-7-9(12)3-4-10(8)14/h2-4,7,11H,5-6,13H2,1H3. The van der Waals surface area contributed by atoms with E-state index in [1.54, 1.807) is 12.1 Å².